The molecule has 21 heavy (non-hydrogen) atoms. The van der Waals surface area contributed by atoms with Crippen LogP contribution in [-0.4, -0.2) is 23.5 Å². The van der Waals surface area contributed by atoms with Crippen LogP contribution in [0.5, 0.6) is 0 Å². The number of carbonyl (C=O) groups is 1. The predicted octanol–water partition coefficient (Wildman–Crippen LogP) is 2.46. The van der Waals surface area contributed by atoms with Crippen molar-refractivity contribution in [3.63, 3.8) is 0 Å². The molecule has 4 nitrogen and oxygen atoms in total. The highest BCUT2D eigenvalue weighted by Gasteiger charge is 2.20. The number of carbonyl (C=O) groups excluding carboxylic acids is 1. The molecule has 1 saturated carbocycles. The maximum absolute atomic E-state index is 12.0. The van der Waals surface area contributed by atoms with Crippen molar-refractivity contribution in [3.05, 3.63) is 30.1 Å². The van der Waals surface area contributed by atoms with E-state index in [2.05, 4.69) is 10.3 Å². The van der Waals surface area contributed by atoms with Gasteiger partial charge in [0.2, 0.25) is 5.91 Å². The van der Waals surface area contributed by atoms with Gasteiger partial charge in [0.25, 0.3) is 0 Å². The van der Waals surface area contributed by atoms with Crippen LogP contribution in [0, 0.1) is 5.92 Å². The van der Waals surface area contributed by atoms with Crippen LogP contribution in [0.15, 0.2) is 24.4 Å². The van der Waals surface area contributed by atoms with Gasteiger partial charge in [0.05, 0.1) is 6.04 Å². The molecule has 1 atom stereocenters. The summed E-state index contributed by atoms with van der Waals surface area (Å²) in [5.41, 5.74) is 6.99. The maximum atomic E-state index is 12.0. The zero-order chi connectivity index (χ0) is 14.2. The first-order valence-corrected chi connectivity index (χ1v) is 7.69. The van der Waals surface area contributed by atoms with Gasteiger partial charge in [-0.05, 0) is 24.5 Å². The fourth-order valence-corrected chi connectivity index (χ4v) is 2.88. The minimum atomic E-state index is -0.359. The van der Waals surface area contributed by atoms with Crippen molar-refractivity contribution in [1.29, 1.82) is 0 Å². The van der Waals surface area contributed by atoms with Crippen molar-refractivity contribution in [1.82, 2.24) is 10.3 Å². The van der Waals surface area contributed by atoms with Crippen LogP contribution >= 0.6 is 12.4 Å². The van der Waals surface area contributed by atoms with Crippen LogP contribution in [0.25, 0.3) is 0 Å². The Morgan fingerprint density at radius 1 is 1.33 bits per heavy atom. The minimum Gasteiger partial charge on any atom is -0.354 e. The zero-order valence-electron chi connectivity index (χ0n) is 12.5. The molecule has 1 amide bonds. The van der Waals surface area contributed by atoms with Crippen LogP contribution in [0.4, 0.5) is 0 Å². The third-order valence-corrected chi connectivity index (χ3v) is 4.06. The molecule has 0 saturated heterocycles. The Balaban J connectivity index is 0.00000220. The smallest absolute Gasteiger partial charge is 0.236 e. The third kappa shape index (κ3) is 6.44. The van der Waals surface area contributed by atoms with E-state index in [0.717, 1.165) is 18.5 Å². The summed E-state index contributed by atoms with van der Waals surface area (Å²) in [5.74, 6) is 0.617. The summed E-state index contributed by atoms with van der Waals surface area (Å²) < 4.78 is 0. The molecule has 118 valence electrons. The standard InChI is InChI=1S/C16H25N3O.ClH/c17-15(12-13-6-2-1-3-7-13)16(20)19-11-9-14-8-4-5-10-18-14;/h4-5,8,10,13,15H,1-3,6-7,9,11-12,17H2,(H,19,20);1H. The van der Waals surface area contributed by atoms with Gasteiger partial charge in [0, 0.05) is 24.9 Å². The number of hydrogen-bond donors (Lipinski definition) is 2. The molecule has 1 aromatic rings. The van der Waals surface area contributed by atoms with Crippen molar-refractivity contribution in [2.45, 2.75) is 51.0 Å². The molecule has 1 unspecified atom stereocenters. The van der Waals surface area contributed by atoms with Gasteiger partial charge in [-0.25, -0.2) is 0 Å². The van der Waals surface area contributed by atoms with E-state index in [1.54, 1.807) is 6.20 Å². The van der Waals surface area contributed by atoms with Gasteiger partial charge in [-0.15, -0.1) is 12.4 Å². The second-order valence-electron chi connectivity index (χ2n) is 5.71. The van der Waals surface area contributed by atoms with Crippen LogP contribution in [-0.2, 0) is 11.2 Å². The molecule has 1 aromatic heterocycles. The van der Waals surface area contributed by atoms with E-state index in [4.69, 9.17) is 5.73 Å². The molecular formula is C16H26ClN3O. The van der Waals surface area contributed by atoms with Crippen LogP contribution in [0.1, 0.15) is 44.2 Å². The molecule has 1 aliphatic carbocycles. The van der Waals surface area contributed by atoms with E-state index in [1.807, 2.05) is 18.2 Å². The van der Waals surface area contributed by atoms with Crippen molar-refractivity contribution >= 4 is 18.3 Å². The monoisotopic (exact) mass is 311 g/mol. The summed E-state index contributed by atoms with van der Waals surface area (Å²) in [6, 6.07) is 5.46. The molecule has 3 N–H and O–H groups in total. The first kappa shape index (κ1) is 17.9. The molecule has 0 aromatic carbocycles. The highest BCUT2D eigenvalue weighted by Crippen LogP contribution is 2.26. The average Bonchev–Trinajstić information content (AvgIpc) is 2.49. The van der Waals surface area contributed by atoms with E-state index in [-0.39, 0.29) is 24.4 Å². The largest absolute Gasteiger partial charge is 0.354 e. The molecule has 0 radical (unpaired) electrons. The SMILES string of the molecule is Cl.NC(CC1CCCCC1)C(=O)NCCc1ccccn1. The van der Waals surface area contributed by atoms with E-state index >= 15 is 0 Å². The Kier molecular flexibility index (Phi) is 8.31. The summed E-state index contributed by atoms with van der Waals surface area (Å²) >= 11 is 0. The van der Waals surface area contributed by atoms with Crippen molar-refractivity contribution in [2.24, 2.45) is 11.7 Å². The second-order valence-corrected chi connectivity index (χ2v) is 5.71. The van der Waals surface area contributed by atoms with Crippen molar-refractivity contribution < 1.29 is 4.79 Å². The lowest BCUT2D eigenvalue weighted by atomic mass is 9.85. The number of hydrogen-bond acceptors (Lipinski definition) is 3. The molecule has 2 rings (SSSR count). The van der Waals surface area contributed by atoms with Gasteiger partial charge in [-0.3, -0.25) is 9.78 Å². The Morgan fingerprint density at radius 3 is 2.76 bits per heavy atom. The fourth-order valence-electron chi connectivity index (χ4n) is 2.88. The van der Waals surface area contributed by atoms with Crippen molar-refractivity contribution in [2.75, 3.05) is 6.54 Å². The molecule has 0 bridgehead atoms. The molecule has 1 aliphatic rings. The molecule has 5 heteroatoms. The predicted molar refractivity (Wildman–Crippen MR) is 87.4 cm³/mol. The number of nitrogens with one attached hydrogen (secondary N) is 1. The van der Waals surface area contributed by atoms with Gasteiger partial charge in [0.15, 0.2) is 0 Å². The summed E-state index contributed by atoms with van der Waals surface area (Å²) in [4.78, 5) is 16.2. The van der Waals surface area contributed by atoms with Gasteiger partial charge >= 0.3 is 0 Å². The highest BCUT2D eigenvalue weighted by molar-refractivity contribution is 5.85. The van der Waals surface area contributed by atoms with E-state index in [0.29, 0.717) is 12.5 Å². The highest BCUT2D eigenvalue weighted by atomic mass is 35.5. The lowest BCUT2D eigenvalue weighted by Crippen LogP contribution is -2.42. The van der Waals surface area contributed by atoms with Gasteiger partial charge in [0.1, 0.15) is 0 Å². The lowest BCUT2D eigenvalue weighted by Gasteiger charge is -2.24. The number of pyridine rings is 1. The number of nitrogens with two attached hydrogens (primary N) is 1. The molecule has 0 aliphatic heterocycles. The van der Waals surface area contributed by atoms with Gasteiger partial charge < -0.3 is 11.1 Å². The second kappa shape index (κ2) is 9.74. The van der Waals surface area contributed by atoms with Crippen LogP contribution in [0.3, 0.4) is 0 Å². The number of amides is 1. The molecule has 1 heterocycles. The molecule has 1 fully saturated rings. The van der Waals surface area contributed by atoms with Crippen LogP contribution < -0.4 is 11.1 Å². The number of nitrogens with zero attached hydrogens (tertiary/aromatic N) is 1. The Morgan fingerprint density at radius 2 is 2.10 bits per heavy atom. The average molecular weight is 312 g/mol. The van der Waals surface area contributed by atoms with Gasteiger partial charge in [-0.2, -0.15) is 0 Å². The number of aromatic nitrogens is 1. The number of halogens is 1. The minimum absolute atomic E-state index is 0. The summed E-state index contributed by atoms with van der Waals surface area (Å²) in [6.45, 7) is 0.605. The van der Waals surface area contributed by atoms with Crippen molar-refractivity contribution in [3.8, 4) is 0 Å². The van der Waals surface area contributed by atoms with Crippen LogP contribution in [0.2, 0.25) is 0 Å². The van der Waals surface area contributed by atoms with E-state index in [9.17, 15) is 4.79 Å². The Hall–Kier alpha value is -1.13. The quantitative estimate of drug-likeness (QED) is 0.848. The first-order valence-electron chi connectivity index (χ1n) is 7.69. The third-order valence-electron chi connectivity index (χ3n) is 4.06. The Bertz CT molecular complexity index is 407. The van der Waals surface area contributed by atoms with E-state index in [1.165, 1.54) is 32.1 Å². The number of rotatable bonds is 6. The topological polar surface area (TPSA) is 68.0 Å². The zero-order valence-corrected chi connectivity index (χ0v) is 13.3. The fraction of sp³-hybridized carbons (Fsp3) is 0.625. The summed E-state index contributed by atoms with van der Waals surface area (Å²) in [5, 5.41) is 2.92. The summed E-state index contributed by atoms with van der Waals surface area (Å²) in [6.07, 6.45) is 9.73. The van der Waals surface area contributed by atoms with Gasteiger partial charge in [-0.1, -0.05) is 38.2 Å². The summed E-state index contributed by atoms with van der Waals surface area (Å²) in [7, 11) is 0. The maximum Gasteiger partial charge on any atom is 0.236 e. The molecule has 0 spiro atoms. The molecular weight excluding hydrogens is 286 g/mol. The lowest BCUT2D eigenvalue weighted by molar-refractivity contribution is -0.122. The van der Waals surface area contributed by atoms with E-state index < -0.39 is 0 Å². The Labute approximate surface area is 133 Å². The first-order chi connectivity index (χ1) is 9.75. The normalized spacial score (nSPS) is 16.8.